The van der Waals surface area contributed by atoms with Gasteiger partial charge in [0.25, 0.3) is 5.95 Å². The number of hydrogen-bond donors (Lipinski definition) is 3. The van der Waals surface area contributed by atoms with Gasteiger partial charge in [-0.3, -0.25) is 0 Å². The average molecular weight is 324 g/mol. The molecule has 8 nitrogen and oxygen atoms in total. The summed E-state index contributed by atoms with van der Waals surface area (Å²) in [6, 6.07) is 10.6. The number of nitrogens with zero attached hydrogens (tertiary/aromatic N) is 4. The molecule has 0 fully saturated rings. The summed E-state index contributed by atoms with van der Waals surface area (Å²) < 4.78 is 1.40. The van der Waals surface area contributed by atoms with E-state index in [1.807, 2.05) is 37.3 Å². The van der Waals surface area contributed by atoms with Gasteiger partial charge in [-0.25, -0.2) is 14.5 Å². The second kappa shape index (κ2) is 6.78. The Kier molecular flexibility index (Phi) is 4.37. The predicted octanol–water partition coefficient (Wildman–Crippen LogP) is 2.25. The molecule has 122 valence electrons. The molecule has 0 radical (unpaired) electrons. The van der Waals surface area contributed by atoms with E-state index in [4.69, 9.17) is 0 Å². The lowest BCUT2D eigenvalue weighted by atomic mass is 10.1. The lowest BCUT2D eigenvalue weighted by Crippen LogP contribution is -2.31. The quantitative estimate of drug-likeness (QED) is 0.682. The van der Waals surface area contributed by atoms with Crippen molar-refractivity contribution in [2.75, 3.05) is 5.32 Å². The molecule has 3 N–H and O–H groups in total. The third-order valence-corrected chi connectivity index (χ3v) is 3.36. The monoisotopic (exact) mass is 324 g/mol. The van der Waals surface area contributed by atoms with Crippen LogP contribution in [-0.2, 0) is 0 Å². The average Bonchev–Trinajstić information content (AvgIpc) is 3.12. The molecule has 0 aliphatic rings. The summed E-state index contributed by atoms with van der Waals surface area (Å²) in [6.45, 7) is 1.87. The molecule has 1 aromatic carbocycles. The van der Waals surface area contributed by atoms with Crippen LogP contribution in [0.15, 0.2) is 55.0 Å². The van der Waals surface area contributed by atoms with Gasteiger partial charge in [0.1, 0.15) is 5.69 Å². The topological polar surface area (TPSA) is 105 Å². The molecule has 0 bridgehead atoms. The summed E-state index contributed by atoms with van der Waals surface area (Å²) in [6.07, 6.45) is 4.55. The van der Waals surface area contributed by atoms with E-state index in [2.05, 4.69) is 25.7 Å². The molecule has 3 rings (SSSR count). The van der Waals surface area contributed by atoms with E-state index in [1.54, 1.807) is 18.5 Å². The van der Waals surface area contributed by atoms with Crippen molar-refractivity contribution in [1.29, 1.82) is 0 Å². The molecule has 2 amide bonds. The number of aromatic hydroxyl groups is 1. The highest BCUT2D eigenvalue weighted by Crippen LogP contribution is 2.20. The first-order chi connectivity index (χ1) is 11.6. The molecule has 0 spiro atoms. The highest BCUT2D eigenvalue weighted by molar-refractivity contribution is 5.90. The Balaban J connectivity index is 1.66. The van der Waals surface area contributed by atoms with Gasteiger partial charge < -0.3 is 15.7 Å². The smallest absolute Gasteiger partial charge is 0.319 e. The van der Waals surface area contributed by atoms with Gasteiger partial charge in [0.15, 0.2) is 0 Å². The Hall–Kier alpha value is -3.42. The van der Waals surface area contributed by atoms with Crippen molar-refractivity contribution < 1.29 is 9.90 Å². The number of anilines is 1. The van der Waals surface area contributed by atoms with Gasteiger partial charge in [0.2, 0.25) is 5.88 Å². The number of amides is 2. The molecule has 2 aromatic heterocycles. The van der Waals surface area contributed by atoms with Crippen LogP contribution in [0.1, 0.15) is 18.5 Å². The second-order valence-corrected chi connectivity index (χ2v) is 5.09. The van der Waals surface area contributed by atoms with Crippen LogP contribution in [-0.4, -0.2) is 30.9 Å². The molecule has 24 heavy (non-hydrogen) atoms. The molecule has 3 aromatic rings. The summed E-state index contributed by atoms with van der Waals surface area (Å²) in [5.74, 6) is -0.126. The van der Waals surface area contributed by atoms with E-state index >= 15 is 0 Å². The number of hydrogen-bond acceptors (Lipinski definition) is 5. The minimum atomic E-state index is -0.461. The highest BCUT2D eigenvalue weighted by atomic mass is 16.3. The van der Waals surface area contributed by atoms with Gasteiger partial charge in [0.05, 0.1) is 12.2 Å². The Labute approximate surface area is 138 Å². The van der Waals surface area contributed by atoms with Crippen molar-refractivity contribution in [1.82, 2.24) is 25.1 Å². The summed E-state index contributed by atoms with van der Waals surface area (Å²) in [7, 11) is 0. The normalized spacial score (nSPS) is 11.7. The molecule has 0 aliphatic carbocycles. The lowest BCUT2D eigenvalue weighted by molar-refractivity contribution is 0.249. The number of nitrogens with one attached hydrogen (secondary N) is 2. The number of urea groups is 1. The minimum Gasteiger partial charge on any atom is -0.492 e. The van der Waals surface area contributed by atoms with E-state index in [1.165, 1.54) is 10.9 Å². The largest absolute Gasteiger partial charge is 0.492 e. The number of aromatic nitrogens is 4. The first kappa shape index (κ1) is 15.5. The number of carbonyl (C=O) groups is 1. The fraction of sp³-hybridized carbons (Fsp3) is 0.125. The van der Waals surface area contributed by atoms with Gasteiger partial charge in [-0.1, -0.05) is 30.3 Å². The van der Waals surface area contributed by atoms with E-state index in [0.717, 1.165) is 5.56 Å². The van der Waals surface area contributed by atoms with Crippen LogP contribution < -0.4 is 10.6 Å². The Morgan fingerprint density at radius 1 is 1.25 bits per heavy atom. The summed E-state index contributed by atoms with van der Waals surface area (Å²) in [5.41, 5.74) is 1.09. The van der Waals surface area contributed by atoms with Gasteiger partial charge in [0, 0.05) is 12.4 Å². The summed E-state index contributed by atoms with van der Waals surface area (Å²) >= 11 is 0. The van der Waals surface area contributed by atoms with Crippen molar-refractivity contribution in [2.24, 2.45) is 0 Å². The van der Waals surface area contributed by atoms with Crippen molar-refractivity contribution in [3.8, 4) is 11.8 Å². The van der Waals surface area contributed by atoms with Gasteiger partial charge >= 0.3 is 6.03 Å². The predicted molar refractivity (Wildman–Crippen MR) is 87.8 cm³/mol. The maximum Gasteiger partial charge on any atom is 0.319 e. The molecule has 2 heterocycles. The molecule has 0 aliphatic heterocycles. The number of benzene rings is 1. The number of rotatable bonds is 4. The lowest BCUT2D eigenvalue weighted by Gasteiger charge is -2.15. The summed E-state index contributed by atoms with van der Waals surface area (Å²) in [4.78, 5) is 20.0. The van der Waals surface area contributed by atoms with E-state index in [0.29, 0.717) is 0 Å². The van der Waals surface area contributed by atoms with Crippen LogP contribution in [0.25, 0.3) is 5.95 Å². The zero-order valence-corrected chi connectivity index (χ0v) is 12.9. The maximum atomic E-state index is 12.1. The van der Waals surface area contributed by atoms with Crippen LogP contribution in [0.2, 0.25) is 0 Å². The maximum absolute atomic E-state index is 12.1. The third-order valence-electron chi connectivity index (χ3n) is 3.36. The molecule has 8 heteroatoms. The van der Waals surface area contributed by atoms with E-state index in [9.17, 15) is 9.90 Å². The van der Waals surface area contributed by atoms with Crippen molar-refractivity contribution in [3.05, 3.63) is 60.6 Å². The first-order valence-electron chi connectivity index (χ1n) is 7.32. The number of carbonyl (C=O) groups excluding carboxylic acids is 1. The second-order valence-electron chi connectivity index (χ2n) is 5.09. The van der Waals surface area contributed by atoms with Crippen molar-refractivity contribution in [2.45, 2.75) is 13.0 Å². The zero-order chi connectivity index (χ0) is 16.9. The van der Waals surface area contributed by atoms with Crippen LogP contribution in [0.3, 0.4) is 0 Å². The molecular weight excluding hydrogens is 308 g/mol. The fourth-order valence-electron chi connectivity index (χ4n) is 2.13. The Bertz CT molecular complexity index is 820. The SMILES string of the molecule is CC(NC(=O)Nc1cnc(-n2cccn2)nc1O)c1ccccc1. The molecular formula is C16H16N6O2. The Morgan fingerprint density at radius 2 is 2.04 bits per heavy atom. The van der Waals surface area contributed by atoms with Crippen LogP contribution >= 0.6 is 0 Å². The molecule has 1 atom stereocenters. The Morgan fingerprint density at radius 3 is 2.71 bits per heavy atom. The minimum absolute atomic E-state index is 0.115. The molecule has 0 saturated heterocycles. The zero-order valence-electron chi connectivity index (χ0n) is 12.9. The van der Waals surface area contributed by atoms with Crippen molar-refractivity contribution >= 4 is 11.7 Å². The van der Waals surface area contributed by atoms with E-state index < -0.39 is 6.03 Å². The first-order valence-corrected chi connectivity index (χ1v) is 7.32. The third kappa shape index (κ3) is 3.49. The highest BCUT2D eigenvalue weighted by Gasteiger charge is 2.13. The standard InChI is InChI=1S/C16H16N6O2/c1-11(12-6-3-2-4-7-12)19-16(24)20-13-10-17-15(21-14(13)23)22-9-5-8-18-22/h2-11H,1H3,(H,17,21,23)(H2,19,20,24). The summed E-state index contributed by atoms with van der Waals surface area (Å²) in [5, 5.41) is 19.2. The van der Waals surface area contributed by atoms with Crippen LogP contribution in [0.4, 0.5) is 10.5 Å². The van der Waals surface area contributed by atoms with Crippen LogP contribution in [0, 0.1) is 0 Å². The van der Waals surface area contributed by atoms with Gasteiger partial charge in [-0.05, 0) is 18.6 Å². The molecule has 0 saturated carbocycles. The molecule has 1 unspecified atom stereocenters. The fourth-order valence-corrected chi connectivity index (χ4v) is 2.13. The van der Waals surface area contributed by atoms with Gasteiger partial charge in [-0.2, -0.15) is 10.1 Å². The van der Waals surface area contributed by atoms with Gasteiger partial charge in [-0.15, -0.1) is 0 Å². The van der Waals surface area contributed by atoms with Crippen LogP contribution in [0.5, 0.6) is 5.88 Å². The van der Waals surface area contributed by atoms with Crippen molar-refractivity contribution in [3.63, 3.8) is 0 Å². The van der Waals surface area contributed by atoms with E-state index in [-0.39, 0.29) is 23.6 Å².